The van der Waals surface area contributed by atoms with E-state index in [0.29, 0.717) is 5.92 Å². The van der Waals surface area contributed by atoms with Crippen LogP contribution >= 0.6 is 0 Å². The van der Waals surface area contributed by atoms with Crippen molar-refractivity contribution in [1.82, 2.24) is 0 Å². The van der Waals surface area contributed by atoms with E-state index in [1.807, 2.05) is 18.4 Å². The van der Waals surface area contributed by atoms with Crippen LogP contribution in [0.4, 0.5) is 8.78 Å². The Balaban J connectivity index is 1.33. The summed E-state index contributed by atoms with van der Waals surface area (Å²) in [7, 11) is 1.74. The second-order valence-electron chi connectivity index (χ2n) is 8.71. The van der Waals surface area contributed by atoms with E-state index in [-0.39, 0.29) is 0 Å². The summed E-state index contributed by atoms with van der Waals surface area (Å²) in [4.78, 5) is 0. The molecule has 0 amide bonds. The molecule has 2 aromatic rings. The maximum atomic E-state index is 13.5. The largest absolute Gasteiger partial charge is 0.504 e. The van der Waals surface area contributed by atoms with Crippen LogP contribution in [-0.4, -0.2) is 7.11 Å². The van der Waals surface area contributed by atoms with Gasteiger partial charge in [-0.05, 0) is 104 Å². The molecule has 4 rings (SSSR count). The third-order valence-electron chi connectivity index (χ3n) is 7.03. The van der Waals surface area contributed by atoms with Gasteiger partial charge in [-0.15, -0.1) is 0 Å². The van der Waals surface area contributed by atoms with Crippen LogP contribution in [-0.2, 0) is 4.74 Å². The molecule has 3 heteroatoms. The van der Waals surface area contributed by atoms with E-state index in [1.165, 1.54) is 74.6 Å². The topological polar surface area (TPSA) is 9.23 Å². The average molecular weight is 397 g/mol. The van der Waals surface area contributed by atoms with Gasteiger partial charge in [0.15, 0.2) is 11.6 Å². The van der Waals surface area contributed by atoms with Crippen molar-refractivity contribution in [2.75, 3.05) is 7.11 Å². The van der Waals surface area contributed by atoms with E-state index in [4.69, 9.17) is 4.74 Å². The number of benzene rings is 2. The molecule has 2 aliphatic rings. The molecule has 0 radical (unpaired) electrons. The van der Waals surface area contributed by atoms with Crippen LogP contribution < -0.4 is 0 Å². The monoisotopic (exact) mass is 396 g/mol. The fraction of sp³-hybridized carbons (Fsp3) is 0.462. The predicted molar refractivity (Wildman–Crippen MR) is 114 cm³/mol. The number of rotatable bonds is 4. The lowest BCUT2D eigenvalue weighted by Crippen LogP contribution is -2.23. The van der Waals surface area contributed by atoms with Crippen LogP contribution in [0.15, 0.2) is 54.3 Å². The zero-order valence-electron chi connectivity index (χ0n) is 17.2. The number of ether oxygens (including phenoxy) is 1. The van der Waals surface area contributed by atoms with E-state index in [1.54, 1.807) is 13.2 Å². The molecule has 0 atom stereocenters. The molecule has 154 valence electrons. The van der Waals surface area contributed by atoms with Gasteiger partial charge in [0.2, 0.25) is 0 Å². The lowest BCUT2D eigenvalue weighted by Gasteiger charge is -2.36. The van der Waals surface area contributed by atoms with Crippen LogP contribution in [0.1, 0.15) is 62.8 Å². The molecule has 0 aromatic heterocycles. The van der Waals surface area contributed by atoms with Gasteiger partial charge < -0.3 is 4.74 Å². The number of methoxy groups -OCH3 is 1. The third kappa shape index (κ3) is 4.71. The van der Waals surface area contributed by atoms with Gasteiger partial charge in [0, 0.05) is 0 Å². The normalized spacial score (nSPS) is 24.9. The zero-order valence-corrected chi connectivity index (χ0v) is 17.2. The van der Waals surface area contributed by atoms with Gasteiger partial charge in [-0.2, -0.15) is 0 Å². The molecule has 0 aliphatic heterocycles. The van der Waals surface area contributed by atoms with Crippen LogP contribution in [0.2, 0.25) is 0 Å². The molecule has 2 fully saturated rings. The Bertz CT molecular complexity index is 838. The van der Waals surface area contributed by atoms with E-state index >= 15 is 0 Å². The van der Waals surface area contributed by atoms with Gasteiger partial charge in [-0.3, -0.25) is 0 Å². The number of hydrogen-bond donors (Lipinski definition) is 0. The first-order valence-corrected chi connectivity index (χ1v) is 10.9. The van der Waals surface area contributed by atoms with Crippen LogP contribution in [0.3, 0.4) is 0 Å². The van der Waals surface area contributed by atoms with Crippen LogP contribution in [0.5, 0.6) is 0 Å². The number of hydrogen-bond acceptors (Lipinski definition) is 1. The second-order valence-corrected chi connectivity index (χ2v) is 8.71. The first-order valence-electron chi connectivity index (χ1n) is 10.9. The smallest absolute Gasteiger partial charge is 0.159 e. The molecule has 0 spiro atoms. The van der Waals surface area contributed by atoms with Crippen molar-refractivity contribution in [3.8, 4) is 11.1 Å². The van der Waals surface area contributed by atoms with E-state index in [9.17, 15) is 8.78 Å². The summed E-state index contributed by atoms with van der Waals surface area (Å²) in [5.41, 5.74) is 4.50. The van der Waals surface area contributed by atoms with Crippen molar-refractivity contribution in [2.45, 2.75) is 57.3 Å². The van der Waals surface area contributed by atoms with Gasteiger partial charge in [0.05, 0.1) is 13.4 Å². The average Bonchev–Trinajstić information content (AvgIpc) is 2.77. The Morgan fingerprint density at radius 2 is 1.38 bits per heavy atom. The predicted octanol–water partition coefficient (Wildman–Crippen LogP) is 7.63. The Hall–Kier alpha value is -2.16. The number of allylic oxidation sites excluding steroid dienone is 1. The summed E-state index contributed by atoms with van der Waals surface area (Å²) in [6.07, 6.45) is 12.1. The highest BCUT2D eigenvalue weighted by atomic mass is 19.2. The van der Waals surface area contributed by atoms with Crippen molar-refractivity contribution in [3.63, 3.8) is 0 Å². The second kappa shape index (κ2) is 9.11. The molecule has 29 heavy (non-hydrogen) atoms. The van der Waals surface area contributed by atoms with Crippen molar-refractivity contribution in [2.24, 2.45) is 11.8 Å². The van der Waals surface area contributed by atoms with Crippen molar-refractivity contribution >= 4 is 0 Å². The fourth-order valence-electron chi connectivity index (χ4n) is 5.31. The lowest BCUT2D eigenvalue weighted by molar-refractivity contribution is 0.197. The first kappa shape index (κ1) is 20.1. The highest BCUT2D eigenvalue weighted by Gasteiger charge is 2.30. The summed E-state index contributed by atoms with van der Waals surface area (Å²) in [5.74, 6) is 0.777. The van der Waals surface area contributed by atoms with Crippen LogP contribution in [0.25, 0.3) is 11.1 Å². The molecule has 2 saturated carbocycles. The molecule has 0 heterocycles. The first-order chi connectivity index (χ1) is 14.1. The molecule has 2 aliphatic carbocycles. The summed E-state index contributed by atoms with van der Waals surface area (Å²) < 4.78 is 31.8. The van der Waals surface area contributed by atoms with E-state index in [0.717, 1.165) is 23.0 Å². The van der Waals surface area contributed by atoms with Gasteiger partial charge in [0.25, 0.3) is 0 Å². The maximum Gasteiger partial charge on any atom is 0.159 e. The Morgan fingerprint density at radius 3 is 2.00 bits per heavy atom. The maximum absolute atomic E-state index is 13.5. The third-order valence-corrected chi connectivity index (χ3v) is 7.03. The zero-order chi connectivity index (χ0) is 20.2. The van der Waals surface area contributed by atoms with Gasteiger partial charge in [-0.1, -0.05) is 30.3 Å². The summed E-state index contributed by atoms with van der Waals surface area (Å²) in [6, 6.07) is 12.5. The molecular weight excluding hydrogens is 366 g/mol. The van der Waals surface area contributed by atoms with E-state index < -0.39 is 11.6 Å². The SMILES string of the molecule is COC=C1CCC(C2CCC(c3ccc(-c4ccc(F)c(F)c4)cc3)CC2)CC1. The fourth-order valence-corrected chi connectivity index (χ4v) is 5.31. The minimum Gasteiger partial charge on any atom is -0.504 e. The minimum atomic E-state index is -0.800. The Kier molecular flexibility index (Phi) is 6.32. The Morgan fingerprint density at radius 1 is 0.759 bits per heavy atom. The molecule has 0 N–H and O–H groups in total. The molecule has 2 aromatic carbocycles. The standard InChI is InChI=1S/C26H30F2O/c1-29-17-18-2-4-19(5-3-18)20-6-8-21(9-7-20)22-10-12-23(13-11-22)24-14-15-25(27)26(28)16-24/h10-17,19-21H,2-9H2,1H3. The lowest BCUT2D eigenvalue weighted by atomic mass is 9.69. The summed E-state index contributed by atoms with van der Waals surface area (Å²) in [5, 5.41) is 0. The highest BCUT2D eigenvalue weighted by molar-refractivity contribution is 5.63. The van der Waals surface area contributed by atoms with E-state index in [2.05, 4.69) is 12.1 Å². The number of halogens is 2. The van der Waals surface area contributed by atoms with Gasteiger partial charge >= 0.3 is 0 Å². The molecule has 0 saturated heterocycles. The summed E-state index contributed by atoms with van der Waals surface area (Å²) >= 11 is 0. The van der Waals surface area contributed by atoms with Gasteiger partial charge in [0.1, 0.15) is 0 Å². The highest BCUT2D eigenvalue weighted by Crippen LogP contribution is 2.44. The van der Waals surface area contributed by atoms with Crippen LogP contribution in [0, 0.1) is 23.5 Å². The minimum absolute atomic E-state index is 0.623. The Labute approximate surface area is 172 Å². The van der Waals surface area contributed by atoms with Crippen molar-refractivity contribution in [3.05, 3.63) is 71.5 Å². The molecule has 0 unspecified atom stereocenters. The van der Waals surface area contributed by atoms with Crippen molar-refractivity contribution < 1.29 is 13.5 Å². The molecule has 0 bridgehead atoms. The quantitative estimate of drug-likeness (QED) is 0.483. The molecular formula is C26H30F2O. The van der Waals surface area contributed by atoms with Gasteiger partial charge in [-0.25, -0.2) is 8.78 Å². The molecule has 1 nitrogen and oxygen atoms in total. The summed E-state index contributed by atoms with van der Waals surface area (Å²) in [6.45, 7) is 0. The van der Waals surface area contributed by atoms with Crippen molar-refractivity contribution in [1.29, 1.82) is 0 Å².